The Morgan fingerprint density at radius 2 is 1.91 bits per heavy atom. The summed E-state index contributed by atoms with van der Waals surface area (Å²) in [4.78, 5) is 9.12. The Labute approximate surface area is 135 Å². The molecule has 2 aromatic rings. The predicted octanol–water partition coefficient (Wildman–Crippen LogP) is 2.80. The summed E-state index contributed by atoms with van der Waals surface area (Å²) < 4.78 is 18.4. The van der Waals surface area contributed by atoms with Gasteiger partial charge in [0.2, 0.25) is 0 Å². The van der Waals surface area contributed by atoms with E-state index in [1.54, 1.807) is 0 Å². The van der Waals surface area contributed by atoms with Gasteiger partial charge in [-0.05, 0) is 37.0 Å². The maximum absolute atomic E-state index is 13.0. The molecule has 5 nitrogen and oxygen atoms in total. The molecular formula is C17H21FN4O. The van der Waals surface area contributed by atoms with Gasteiger partial charge in [0.05, 0.1) is 0 Å². The first-order chi connectivity index (χ1) is 11.3. The number of halogens is 1. The maximum Gasteiger partial charge on any atom is 0.324 e. The molecule has 6 heteroatoms. The van der Waals surface area contributed by atoms with E-state index >= 15 is 0 Å². The molecule has 0 atom stereocenters. The average Bonchev–Trinajstić information content (AvgIpc) is 3.34. The third-order valence-electron chi connectivity index (χ3n) is 4.55. The molecule has 0 unspecified atom stereocenters. The SMILES string of the molecule is Fc1ccc(CN2CCCN(c3nc(C4CC4)no3)CC2)cc1. The van der Waals surface area contributed by atoms with Crippen molar-refractivity contribution in [1.82, 2.24) is 15.0 Å². The van der Waals surface area contributed by atoms with Crippen molar-refractivity contribution in [1.29, 1.82) is 0 Å². The summed E-state index contributed by atoms with van der Waals surface area (Å²) in [6, 6.07) is 7.43. The molecular weight excluding hydrogens is 295 g/mol. The normalized spacial score (nSPS) is 19.8. The van der Waals surface area contributed by atoms with E-state index in [4.69, 9.17) is 4.52 Å². The van der Waals surface area contributed by atoms with Gasteiger partial charge in [0.25, 0.3) is 0 Å². The van der Waals surface area contributed by atoms with Crippen LogP contribution in [0, 0.1) is 5.82 Å². The highest BCUT2D eigenvalue weighted by Gasteiger charge is 2.30. The number of aromatic nitrogens is 2. The Morgan fingerprint density at radius 3 is 2.70 bits per heavy atom. The first-order valence-electron chi connectivity index (χ1n) is 8.33. The van der Waals surface area contributed by atoms with Crippen LogP contribution in [-0.2, 0) is 6.54 Å². The van der Waals surface area contributed by atoms with Gasteiger partial charge < -0.3 is 9.42 Å². The van der Waals surface area contributed by atoms with E-state index in [0.717, 1.165) is 50.5 Å². The van der Waals surface area contributed by atoms with E-state index in [-0.39, 0.29) is 5.82 Å². The zero-order valence-corrected chi connectivity index (χ0v) is 13.1. The molecule has 0 radical (unpaired) electrons. The lowest BCUT2D eigenvalue weighted by molar-refractivity contribution is 0.285. The molecule has 1 saturated carbocycles. The lowest BCUT2D eigenvalue weighted by Crippen LogP contribution is -2.30. The minimum Gasteiger partial charge on any atom is -0.323 e. The number of hydrogen-bond donors (Lipinski definition) is 0. The highest BCUT2D eigenvalue weighted by atomic mass is 19.1. The molecule has 0 bridgehead atoms. The van der Waals surface area contributed by atoms with Gasteiger partial charge in [0.1, 0.15) is 5.82 Å². The summed E-state index contributed by atoms with van der Waals surface area (Å²) >= 11 is 0. The third-order valence-corrected chi connectivity index (χ3v) is 4.55. The molecule has 1 aliphatic carbocycles. The Morgan fingerprint density at radius 1 is 1.09 bits per heavy atom. The number of hydrogen-bond acceptors (Lipinski definition) is 5. The average molecular weight is 316 g/mol. The quantitative estimate of drug-likeness (QED) is 0.868. The van der Waals surface area contributed by atoms with Crippen LogP contribution in [0.25, 0.3) is 0 Å². The van der Waals surface area contributed by atoms with Crippen LogP contribution in [0.15, 0.2) is 28.8 Å². The smallest absolute Gasteiger partial charge is 0.323 e. The van der Waals surface area contributed by atoms with Gasteiger partial charge >= 0.3 is 6.01 Å². The zero-order valence-electron chi connectivity index (χ0n) is 13.1. The molecule has 2 heterocycles. The van der Waals surface area contributed by atoms with Crippen molar-refractivity contribution >= 4 is 6.01 Å². The molecule has 2 aliphatic rings. The van der Waals surface area contributed by atoms with Crippen molar-refractivity contribution in [3.63, 3.8) is 0 Å². The third kappa shape index (κ3) is 3.52. The van der Waals surface area contributed by atoms with E-state index in [9.17, 15) is 4.39 Å². The summed E-state index contributed by atoms with van der Waals surface area (Å²) in [5.74, 6) is 1.21. The van der Waals surface area contributed by atoms with Gasteiger partial charge in [-0.3, -0.25) is 4.90 Å². The Hall–Kier alpha value is -1.95. The molecule has 1 aromatic carbocycles. The second kappa shape index (κ2) is 6.28. The Kier molecular flexibility index (Phi) is 3.99. The van der Waals surface area contributed by atoms with E-state index < -0.39 is 0 Å². The first kappa shape index (κ1) is 14.6. The van der Waals surface area contributed by atoms with Crippen LogP contribution in [0.1, 0.15) is 36.6 Å². The van der Waals surface area contributed by atoms with Crippen LogP contribution >= 0.6 is 0 Å². The molecule has 122 valence electrons. The van der Waals surface area contributed by atoms with Crippen molar-refractivity contribution < 1.29 is 8.91 Å². The molecule has 1 saturated heterocycles. The Bertz CT molecular complexity index is 653. The van der Waals surface area contributed by atoms with E-state index in [1.807, 2.05) is 12.1 Å². The molecule has 0 amide bonds. The van der Waals surface area contributed by atoms with Gasteiger partial charge in [0.15, 0.2) is 5.82 Å². The van der Waals surface area contributed by atoms with Crippen molar-refractivity contribution in [2.75, 3.05) is 31.1 Å². The summed E-state index contributed by atoms with van der Waals surface area (Å²) in [7, 11) is 0. The van der Waals surface area contributed by atoms with Gasteiger partial charge in [0, 0.05) is 38.6 Å². The fourth-order valence-electron chi connectivity index (χ4n) is 3.03. The van der Waals surface area contributed by atoms with E-state index in [1.165, 1.54) is 25.0 Å². The second-order valence-corrected chi connectivity index (χ2v) is 6.45. The molecule has 23 heavy (non-hydrogen) atoms. The summed E-state index contributed by atoms with van der Waals surface area (Å²) in [5.41, 5.74) is 1.15. The molecule has 2 fully saturated rings. The predicted molar refractivity (Wildman–Crippen MR) is 84.8 cm³/mol. The minimum atomic E-state index is -0.182. The topological polar surface area (TPSA) is 45.4 Å². The van der Waals surface area contributed by atoms with Gasteiger partial charge in [-0.1, -0.05) is 17.3 Å². The van der Waals surface area contributed by atoms with Crippen LogP contribution in [0.3, 0.4) is 0 Å². The number of nitrogens with zero attached hydrogens (tertiary/aromatic N) is 4. The van der Waals surface area contributed by atoms with Crippen molar-refractivity contribution in [3.05, 3.63) is 41.5 Å². The highest BCUT2D eigenvalue weighted by Crippen LogP contribution is 2.38. The largest absolute Gasteiger partial charge is 0.324 e. The van der Waals surface area contributed by atoms with Crippen LogP contribution < -0.4 is 4.90 Å². The minimum absolute atomic E-state index is 0.182. The maximum atomic E-state index is 13.0. The van der Waals surface area contributed by atoms with E-state index in [0.29, 0.717) is 11.9 Å². The van der Waals surface area contributed by atoms with E-state index in [2.05, 4.69) is 19.9 Å². The molecule has 4 rings (SSSR count). The summed E-state index contributed by atoms with van der Waals surface area (Å²) in [6.07, 6.45) is 3.43. The van der Waals surface area contributed by atoms with Crippen LogP contribution in [-0.4, -0.2) is 41.2 Å². The van der Waals surface area contributed by atoms with Gasteiger partial charge in [-0.2, -0.15) is 4.98 Å². The standard InChI is InChI=1S/C17H21FN4O/c18-15-6-2-13(3-7-15)12-21-8-1-9-22(11-10-21)17-19-16(20-23-17)14-4-5-14/h2-3,6-7,14H,1,4-5,8-12H2. The second-order valence-electron chi connectivity index (χ2n) is 6.45. The lowest BCUT2D eigenvalue weighted by Gasteiger charge is -2.20. The van der Waals surface area contributed by atoms with Crippen molar-refractivity contribution in [2.24, 2.45) is 0 Å². The van der Waals surface area contributed by atoms with Crippen molar-refractivity contribution in [2.45, 2.75) is 31.7 Å². The number of anilines is 1. The van der Waals surface area contributed by atoms with Crippen LogP contribution in [0.4, 0.5) is 10.4 Å². The monoisotopic (exact) mass is 316 g/mol. The van der Waals surface area contributed by atoms with Crippen molar-refractivity contribution in [3.8, 4) is 0 Å². The highest BCUT2D eigenvalue weighted by molar-refractivity contribution is 5.26. The first-order valence-corrected chi connectivity index (χ1v) is 8.33. The molecule has 0 spiro atoms. The lowest BCUT2D eigenvalue weighted by atomic mass is 10.2. The summed E-state index contributed by atoms with van der Waals surface area (Å²) in [5, 5.41) is 4.10. The van der Waals surface area contributed by atoms with Crippen LogP contribution in [0.2, 0.25) is 0 Å². The van der Waals surface area contributed by atoms with Gasteiger partial charge in [-0.15, -0.1) is 0 Å². The summed E-state index contributed by atoms with van der Waals surface area (Å²) in [6.45, 7) is 4.64. The van der Waals surface area contributed by atoms with Crippen LogP contribution in [0.5, 0.6) is 0 Å². The zero-order chi connectivity index (χ0) is 15.6. The number of rotatable bonds is 4. The van der Waals surface area contributed by atoms with Gasteiger partial charge in [-0.25, -0.2) is 4.39 Å². The number of benzene rings is 1. The fraction of sp³-hybridized carbons (Fsp3) is 0.529. The molecule has 1 aromatic heterocycles. The Balaban J connectivity index is 1.36. The molecule has 1 aliphatic heterocycles. The fourth-order valence-corrected chi connectivity index (χ4v) is 3.03. The molecule has 0 N–H and O–H groups in total.